The summed E-state index contributed by atoms with van der Waals surface area (Å²) >= 11 is 1.93. The molecule has 0 amide bonds. The number of hydrogen-bond acceptors (Lipinski definition) is 2. The maximum absolute atomic E-state index is 13.1. The second-order valence-electron chi connectivity index (χ2n) is 4.17. The zero-order chi connectivity index (χ0) is 11.4. The number of carbonyl (C=O) groups is 1. The van der Waals surface area contributed by atoms with Crippen molar-refractivity contribution in [1.82, 2.24) is 0 Å². The fraction of sp³-hybridized carbons (Fsp3) is 0.462. The third kappa shape index (κ3) is 2.64. The summed E-state index contributed by atoms with van der Waals surface area (Å²) in [5.74, 6) is 2.24. The number of hydrogen-bond donors (Lipinski definition) is 0. The average molecular weight is 238 g/mol. The van der Waals surface area contributed by atoms with Crippen LogP contribution in [0.2, 0.25) is 0 Å². The molecule has 1 fully saturated rings. The summed E-state index contributed by atoms with van der Waals surface area (Å²) in [6.45, 7) is 0. The van der Waals surface area contributed by atoms with E-state index in [9.17, 15) is 9.18 Å². The van der Waals surface area contributed by atoms with Crippen molar-refractivity contribution >= 4 is 18.0 Å². The number of benzene rings is 1. The molecule has 3 heteroatoms. The van der Waals surface area contributed by atoms with E-state index >= 15 is 0 Å². The van der Waals surface area contributed by atoms with Crippen LogP contribution in [-0.2, 0) is 4.79 Å². The number of aldehydes is 1. The molecule has 1 aliphatic heterocycles. The summed E-state index contributed by atoms with van der Waals surface area (Å²) in [4.78, 5) is 11.2. The molecule has 0 aliphatic carbocycles. The van der Waals surface area contributed by atoms with Gasteiger partial charge in [0, 0.05) is 5.92 Å². The Morgan fingerprint density at radius 1 is 1.38 bits per heavy atom. The molecule has 0 N–H and O–H groups in total. The smallest absolute Gasteiger partial charge is 0.127 e. The van der Waals surface area contributed by atoms with Gasteiger partial charge in [0.15, 0.2) is 0 Å². The Hall–Kier alpha value is -0.830. The largest absolute Gasteiger partial charge is 0.303 e. The average Bonchev–Trinajstić information content (AvgIpc) is 2.31. The molecule has 0 radical (unpaired) electrons. The van der Waals surface area contributed by atoms with Crippen LogP contribution in [0.5, 0.6) is 0 Å². The van der Waals surface area contributed by atoms with E-state index in [1.165, 1.54) is 12.1 Å². The van der Waals surface area contributed by atoms with Crippen molar-refractivity contribution in [1.29, 1.82) is 0 Å². The molecule has 1 saturated heterocycles. The van der Waals surface area contributed by atoms with E-state index in [0.717, 1.165) is 36.2 Å². The molecule has 16 heavy (non-hydrogen) atoms. The van der Waals surface area contributed by atoms with Gasteiger partial charge >= 0.3 is 0 Å². The molecular formula is C13H15FOS. The van der Waals surface area contributed by atoms with Gasteiger partial charge in [0.2, 0.25) is 0 Å². The highest BCUT2D eigenvalue weighted by molar-refractivity contribution is 7.99. The molecule has 0 spiro atoms. The molecule has 1 aromatic rings. The topological polar surface area (TPSA) is 17.1 Å². The molecule has 2 rings (SSSR count). The maximum atomic E-state index is 13.1. The van der Waals surface area contributed by atoms with Crippen LogP contribution in [0.25, 0.3) is 0 Å². The van der Waals surface area contributed by atoms with E-state index in [2.05, 4.69) is 0 Å². The number of rotatable bonds is 3. The molecule has 1 atom stereocenters. The number of halogens is 1. The Balaban J connectivity index is 2.17. The van der Waals surface area contributed by atoms with Crippen molar-refractivity contribution in [2.75, 3.05) is 11.5 Å². The number of thioether (sulfide) groups is 1. The first-order valence-electron chi connectivity index (χ1n) is 5.60. The SMILES string of the molecule is O=CC(c1cccc(F)c1)C1CCSCC1. The predicted octanol–water partition coefficient (Wildman–Crippen LogP) is 3.25. The molecule has 0 aromatic heterocycles. The normalized spacial score (nSPS) is 19.3. The lowest BCUT2D eigenvalue weighted by Crippen LogP contribution is -2.19. The van der Waals surface area contributed by atoms with Gasteiger partial charge in [-0.05, 0) is 48.0 Å². The van der Waals surface area contributed by atoms with Crippen molar-refractivity contribution < 1.29 is 9.18 Å². The Bertz CT molecular complexity index is 361. The Morgan fingerprint density at radius 3 is 2.75 bits per heavy atom. The van der Waals surface area contributed by atoms with Gasteiger partial charge in [-0.3, -0.25) is 0 Å². The molecule has 0 saturated carbocycles. The Morgan fingerprint density at radius 2 is 2.12 bits per heavy atom. The van der Waals surface area contributed by atoms with Crippen LogP contribution < -0.4 is 0 Å². The van der Waals surface area contributed by atoms with Crippen molar-refractivity contribution in [3.8, 4) is 0 Å². The molecule has 1 nitrogen and oxygen atoms in total. The summed E-state index contributed by atoms with van der Waals surface area (Å²) in [7, 11) is 0. The first kappa shape index (κ1) is 11.6. The van der Waals surface area contributed by atoms with Gasteiger partial charge in [0.25, 0.3) is 0 Å². The van der Waals surface area contributed by atoms with Crippen LogP contribution in [0.3, 0.4) is 0 Å². The standard InChI is InChI=1S/C13H15FOS/c14-12-3-1-2-11(8-12)13(9-15)10-4-6-16-7-5-10/h1-3,8-10,13H,4-7H2. The van der Waals surface area contributed by atoms with Crippen molar-refractivity contribution in [3.05, 3.63) is 35.6 Å². The summed E-state index contributed by atoms with van der Waals surface area (Å²) < 4.78 is 13.1. The molecular weight excluding hydrogens is 223 g/mol. The van der Waals surface area contributed by atoms with Crippen LogP contribution in [0.4, 0.5) is 4.39 Å². The van der Waals surface area contributed by atoms with E-state index in [-0.39, 0.29) is 11.7 Å². The van der Waals surface area contributed by atoms with Crippen molar-refractivity contribution in [3.63, 3.8) is 0 Å². The molecule has 1 aliphatic rings. The van der Waals surface area contributed by atoms with Crippen LogP contribution in [0.15, 0.2) is 24.3 Å². The lowest BCUT2D eigenvalue weighted by molar-refractivity contribution is -0.110. The Labute approximate surface area is 99.4 Å². The molecule has 1 aromatic carbocycles. The monoisotopic (exact) mass is 238 g/mol. The number of carbonyl (C=O) groups excluding carboxylic acids is 1. The third-order valence-corrected chi connectivity index (χ3v) is 4.20. The summed E-state index contributed by atoms with van der Waals surface area (Å²) in [5, 5.41) is 0. The zero-order valence-corrected chi connectivity index (χ0v) is 9.88. The van der Waals surface area contributed by atoms with Crippen LogP contribution in [-0.4, -0.2) is 17.8 Å². The Kier molecular flexibility index (Phi) is 3.99. The first-order valence-corrected chi connectivity index (χ1v) is 6.75. The maximum Gasteiger partial charge on any atom is 0.127 e. The first-order chi connectivity index (χ1) is 7.81. The third-order valence-electron chi connectivity index (χ3n) is 3.15. The van der Waals surface area contributed by atoms with Gasteiger partial charge in [0.05, 0.1) is 0 Å². The van der Waals surface area contributed by atoms with Gasteiger partial charge in [0.1, 0.15) is 12.1 Å². The van der Waals surface area contributed by atoms with Crippen LogP contribution >= 0.6 is 11.8 Å². The van der Waals surface area contributed by atoms with Gasteiger partial charge in [-0.25, -0.2) is 4.39 Å². The van der Waals surface area contributed by atoms with E-state index in [4.69, 9.17) is 0 Å². The molecule has 0 bridgehead atoms. The van der Waals surface area contributed by atoms with Crippen LogP contribution in [0, 0.1) is 11.7 Å². The van der Waals surface area contributed by atoms with Crippen molar-refractivity contribution in [2.45, 2.75) is 18.8 Å². The molecule has 86 valence electrons. The van der Waals surface area contributed by atoms with E-state index in [0.29, 0.717) is 5.92 Å². The summed E-state index contributed by atoms with van der Waals surface area (Å²) in [6.07, 6.45) is 3.10. The van der Waals surface area contributed by atoms with Gasteiger partial charge in [-0.1, -0.05) is 12.1 Å². The van der Waals surface area contributed by atoms with Crippen molar-refractivity contribution in [2.24, 2.45) is 5.92 Å². The van der Waals surface area contributed by atoms with Gasteiger partial charge in [-0.15, -0.1) is 0 Å². The van der Waals surface area contributed by atoms with Crippen LogP contribution in [0.1, 0.15) is 24.3 Å². The minimum atomic E-state index is -0.255. The highest BCUT2D eigenvalue weighted by atomic mass is 32.2. The lowest BCUT2D eigenvalue weighted by Gasteiger charge is -2.26. The summed E-state index contributed by atoms with van der Waals surface area (Å²) in [5.41, 5.74) is 0.826. The highest BCUT2D eigenvalue weighted by Crippen LogP contribution is 2.33. The van der Waals surface area contributed by atoms with Gasteiger partial charge in [-0.2, -0.15) is 11.8 Å². The van der Waals surface area contributed by atoms with E-state index in [1.807, 2.05) is 17.8 Å². The molecule has 1 heterocycles. The fourth-order valence-corrected chi connectivity index (χ4v) is 3.39. The highest BCUT2D eigenvalue weighted by Gasteiger charge is 2.24. The quantitative estimate of drug-likeness (QED) is 0.752. The minimum Gasteiger partial charge on any atom is -0.303 e. The van der Waals surface area contributed by atoms with E-state index < -0.39 is 0 Å². The van der Waals surface area contributed by atoms with Gasteiger partial charge < -0.3 is 4.79 Å². The second-order valence-corrected chi connectivity index (χ2v) is 5.39. The lowest BCUT2D eigenvalue weighted by atomic mass is 9.83. The fourth-order valence-electron chi connectivity index (χ4n) is 2.25. The zero-order valence-electron chi connectivity index (χ0n) is 9.06. The second kappa shape index (κ2) is 5.48. The molecule has 1 unspecified atom stereocenters. The predicted molar refractivity (Wildman–Crippen MR) is 65.3 cm³/mol. The summed E-state index contributed by atoms with van der Waals surface area (Å²) in [6, 6.07) is 6.44. The van der Waals surface area contributed by atoms with E-state index in [1.54, 1.807) is 6.07 Å². The minimum absolute atomic E-state index is 0.128.